The molecule has 2 rings (SSSR count). The van der Waals surface area contributed by atoms with Gasteiger partial charge in [0.1, 0.15) is 0 Å². The molecule has 4 nitrogen and oxygen atoms in total. The fourth-order valence-corrected chi connectivity index (χ4v) is 2.99. The minimum absolute atomic E-state index is 0.108. The van der Waals surface area contributed by atoms with Gasteiger partial charge in [-0.15, -0.1) is 0 Å². The minimum atomic E-state index is -4.94. The van der Waals surface area contributed by atoms with Crippen LogP contribution in [0.4, 0.5) is 13.2 Å². The molecule has 17 heavy (non-hydrogen) atoms. The number of hydrogen-bond donors (Lipinski definition) is 1. The molecule has 96 valence electrons. The number of carbonyl (C=O) groups excluding carboxylic acids is 1. The number of carboxylic acid groups (broad SMARTS) is 1. The van der Waals surface area contributed by atoms with Crippen LogP contribution in [0.2, 0.25) is 0 Å². The normalized spacial score (nSPS) is 36.4. The Labute approximate surface area is 95.4 Å². The largest absolute Gasteiger partial charge is 0.481 e. The summed E-state index contributed by atoms with van der Waals surface area (Å²) < 4.78 is 37.1. The molecule has 2 atom stereocenters. The van der Waals surface area contributed by atoms with Crippen LogP contribution in [0.3, 0.4) is 0 Å². The van der Waals surface area contributed by atoms with Crippen molar-refractivity contribution in [1.29, 1.82) is 0 Å². The molecular formula is C10H12F3NO3. The molecule has 1 saturated carbocycles. The number of halogens is 3. The van der Waals surface area contributed by atoms with Gasteiger partial charge >= 0.3 is 18.1 Å². The molecule has 1 amide bonds. The lowest BCUT2D eigenvalue weighted by molar-refractivity contribution is -0.191. The van der Waals surface area contributed by atoms with Gasteiger partial charge in [-0.2, -0.15) is 13.2 Å². The van der Waals surface area contributed by atoms with Crippen LogP contribution in [0, 0.1) is 5.41 Å². The first-order chi connectivity index (χ1) is 7.61. The Morgan fingerprint density at radius 1 is 1.29 bits per heavy atom. The maximum absolute atomic E-state index is 12.4. The van der Waals surface area contributed by atoms with Crippen molar-refractivity contribution >= 4 is 11.9 Å². The summed E-state index contributed by atoms with van der Waals surface area (Å²) in [5.41, 5.74) is -2.15. The molecule has 2 fully saturated rings. The molecule has 1 saturated heterocycles. The van der Waals surface area contributed by atoms with E-state index >= 15 is 0 Å². The zero-order chi connectivity index (χ0) is 13.1. The Morgan fingerprint density at radius 3 is 2.29 bits per heavy atom. The third kappa shape index (κ3) is 1.59. The Morgan fingerprint density at radius 2 is 1.88 bits per heavy atom. The van der Waals surface area contributed by atoms with Crippen molar-refractivity contribution in [3.05, 3.63) is 0 Å². The molecule has 0 aromatic carbocycles. The molecule has 0 aromatic rings. The smallest absolute Gasteiger partial charge is 0.471 e. The van der Waals surface area contributed by atoms with Gasteiger partial charge in [-0.05, 0) is 26.2 Å². The molecule has 0 spiro atoms. The molecular weight excluding hydrogens is 239 g/mol. The number of carboxylic acids is 1. The van der Waals surface area contributed by atoms with Crippen molar-refractivity contribution in [2.24, 2.45) is 5.41 Å². The summed E-state index contributed by atoms with van der Waals surface area (Å²) in [5.74, 6) is -3.04. The van der Waals surface area contributed by atoms with Gasteiger partial charge in [0.2, 0.25) is 0 Å². The SMILES string of the molecule is CC12CCC(C(=O)O)(CN1C(=O)C(F)(F)F)C2. The number of fused-ring (bicyclic) bond motifs is 2. The molecule has 2 unspecified atom stereocenters. The summed E-state index contributed by atoms with van der Waals surface area (Å²) in [6.07, 6.45) is -4.19. The number of carbonyl (C=O) groups is 2. The molecule has 1 aliphatic carbocycles. The van der Waals surface area contributed by atoms with Crippen molar-refractivity contribution in [1.82, 2.24) is 4.90 Å². The monoisotopic (exact) mass is 251 g/mol. The highest BCUT2D eigenvalue weighted by Crippen LogP contribution is 2.55. The zero-order valence-electron chi connectivity index (χ0n) is 9.17. The third-order valence-electron chi connectivity index (χ3n) is 3.92. The number of nitrogens with zero attached hydrogens (tertiary/aromatic N) is 1. The summed E-state index contributed by atoms with van der Waals surface area (Å²) in [6, 6.07) is 0. The van der Waals surface area contributed by atoms with E-state index in [1.165, 1.54) is 6.92 Å². The Hall–Kier alpha value is -1.27. The standard InChI is InChI=1S/C10H12F3NO3/c1-8-2-3-9(4-8,7(16)17)5-14(8)6(15)10(11,12)13/h2-5H2,1H3,(H,16,17). The van der Waals surface area contributed by atoms with Crippen molar-refractivity contribution in [3.8, 4) is 0 Å². The second kappa shape index (κ2) is 3.14. The molecule has 0 radical (unpaired) electrons. The second-order valence-corrected chi connectivity index (χ2v) is 5.15. The van der Waals surface area contributed by atoms with Gasteiger partial charge in [0.05, 0.1) is 5.41 Å². The summed E-state index contributed by atoms with van der Waals surface area (Å²) in [5, 5.41) is 9.09. The molecule has 2 aliphatic rings. The Kier molecular flexibility index (Phi) is 2.25. The van der Waals surface area contributed by atoms with Gasteiger partial charge in [0.25, 0.3) is 0 Å². The number of likely N-dealkylation sites (tertiary alicyclic amines) is 1. The van der Waals surface area contributed by atoms with E-state index in [4.69, 9.17) is 5.11 Å². The van der Waals surface area contributed by atoms with Gasteiger partial charge in [0, 0.05) is 12.1 Å². The summed E-state index contributed by atoms with van der Waals surface area (Å²) in [4.78, 5) is 23.0. The molecule has 7 heteroatoms. The fraction of sp³-hybridized carbons (Fsp3) is 0.800. The van der Waals surface area contributed by atoms with Crippen LogP contribution in [0.15, 0.2) is 0 Å². The van der Waals surface area contributed by atoms with Gasteiger partial charge in [0.15, 0.2) is 0 Å². The number of rotatable bonds is 1. The Balaban J connectivity index is 2.30. The van der Waals surface area contributed by atoms with Gasteiger partial charge in [-0.25, -0.2) is 0 Å². The highest BCUT2D eigenvalue weighted by Gasteiger charge is 2.64. The lowest BCUT2D eigenvalue weighted by Gasteiger charge is -2.37. The van der Waals surface area contributed by atoms with E-state index in [2.05, 4.69) is 0 Å². The number of amides is 1. The highest BCUT2D eigenvalue weighted by atomic mass is 19.4. The topological polar surface area (TPSA) is 57.6 Å². The van der Waals surface area contributed by atoms with Crippen LogP contribution in [0.5, 0.6) is 0 Å². The first-order valence-electron chi connectivity index (χ1n) is 5.23. The molecule has 0 aromatic heterocycles. The second-order valence-electron chi connectivity index (χ2n) is 5.15. The quantitative estimate of drug-likeness (QED) is 0.766. The number of piperidine rings is 1. The average Bonchev–Trinajstić information content (AvgIpc) is 2.67. The molecule has 1 N–H and O–H groups in total. The average molecular weight is 251 g/mol. The maximum atomic E-state index is 12.4. The van der Waals surface area contributed by atoms with E-state index in [1.807, 2.05) is 0 Å². The van der Waals surface area contributed by atoms with Gasteiger partial charge < -0.3 is 10.0 Å². The van der Waals surface area contributed by atoms with Crippen LogP contribution in [0.1, 0.15) is 26.2 Å². The van der Waals surface area contributed by atoms with Crippen LogP contribution in [0.25, 0.3) is 0 Å². The van der Waals surface area contributed by atoms with Crippen molar-refractivity contribution in [2.75, 3.05) is 6.54 Å². The van der Waals surface area contributed by atoms with Crippen LogP contribution < -0.4 is 0 Å². The number of hydrogen-bond acceptors (Lipinski definition) is 2. The van der Waals surface area contributed by atoms with Crippen LogP contribution in [-0.4, -0.2) is 40.1 Å². The van der Waals surface area contributed by atoms with Crippen LogP contribution in [-0.2, 0) is 9.59 Å². The van der Waals surface area contributed by atoms with E-state index in [-0.39, 0.29) is 13.0 Å². The predicted octanol–water partition coefficient (Wildman–Crippen LogP) is 1.40. The van der Waals surface area contributed by atoms with Crippen molar-refractivity contribution in [3.63, 3.8) is 0 Å². The lowest BCUT2D eigenvalue weighted by Crippen LogP contribution is -2.52. The van der Waals surface area contributed by atoms with E-state index in [0.29, 0.717) is 17.7 Å². The zero-order valence-corrected chi connectivity index (χ0v) is 9.17. The van der Waals surface area contributed by atoms with Gasteiger partial charge in [-0.1, -0.05) is 0 Å². The lowest BCUT2D eigenvalue weighted by atomic mass is 9.87. The maximum Gasteiger partial charge on any atom is 0.471 e. The van der Waals surface area contributed by atoms with Crippen molar-refractivity contribution in [2.45, 2.75) is 37.9 Å². The molecule has 1 heterocycles. The van der Waals surface area contributed by atoms with E-state index < -0.39 is 29.0 Å². The minimum Gasteiger partial charge on any atom is -0.481 e. The summed E-state index contributed by atoms with van der Waals surface area (Å²) >= 11 is 0. The first kappa shape index (κ1) is 12.2. The predicted molar refractivity (Wildman–Crippen MR) is 50.1 cm³/mol. The third-order valence-corrected chi connectivity index (χ3v) is 3.92. The van der Waals surface area contributed by atoms with Crippen LogP contribution >= 0.6 is 0 Å². The van der Waals surface area contributed by atoms with Gasteiger partial charge in [-0.3, -0.25) is 9.59 Å². The summed E-state index contributed by atoms with van der Waals surface area (Å²) in [7, 11) is 0. The van der Waals surface area contributed by atoms with E-state index in [9.17, 15) is 22.8 Å². The first-order valence-corrected chi connectivity index (χ1v) is 5.23. The molecule has 1 aliphatic heterocycles. The Bertz CT molecular complexity index is 395. The summed E-state index contributed by atoms with van der Waals surface area (Å²) in [6.45, 7) is 1.19. The highest BCUT2D eigenvalue weighted by molar-refractivity contribution is 5.86. The van der Waals surface area contributed by atoms with E-state index in [1.54, 1.807) is 0 Å². The number of aliphatic carboxylic acids is 1. The van der Waals surface area contributed by atoms with E-state index in [0.717, 1.165) is 0 Å². The fourth-order valence-electron chi connectivity index (χ4n) is 2.99. The van der Waals surface area contributed by atoms with Crippen molar-refractivity contribution < 1.29 is 27.9 Å². The molecule has 2 bridgehead atoms. The number of alkyl halides is 3.